The Kier molecular flexibility index (Phi) is 6.80. The van der Waals surface area contributed by atoms with Crippen molar-refractivity contribution < 1.29 is 14.3 Å². The van der Waals surface area contributed by atoms with Crippen molar-refractivity contribution in [2.75, 3.05) is 38.3 Å². The monoisotopic (exact) mass is 286 g/mol. The summed E-state index contributed by atoms with van der Waals surface area (Å²) in [6.45, 7) is 8.75. The number of nitrogens with zero attached hydrogens (tertiary/aromatic N) is 2. The van der Waals surface area contributed by atoms with E-state index in [1.54, 1.807) is 19.4 Å². The van der Waals surface area contributed by atoms with Gasteiger partial charge in [0, 0.05) is 25.6 Å². The third-order valence-electron chi connectivity index (χ3n) is 2.40. The molecule has 1 heterocycles. The number of carbonyl (C=O) groups excluding carboxylic acids is 1. The molecular weight excluding hydrogens is 264 g/mol. The largest absolute Gasteiger partial charge is 0.461 e. The van der Waals surface area contributed by atoms with Crippen molar-refractivity contribution in [1.29, 1.82) is 0 Å². The van der Waals surface area contributed by atoms with Gasteiger partial charge in [-0.1, -0.05) is 13.8 Å². The highest BCUT2D eigenvalue weighted by atomic mass is 32.1. The van der Waals surface area contributed by atoms with Crippen molar-refractivity contribution in [3.8, 4) is 0 Å². The van der Waals surface area contributed by atoms with E-state index < -0.39 is 0 Å². The molecule has 0 radical (unpaired) electrons. The average Bonchev–Trinajstić information content (AvgIpc) is 2.84. The summed E-state index contributed by atoms with van der Waals surface area (Å²) in [5, 5.41) is 2.58. The van der Waals surface area contributed by atoms with Crippen molar-refractivity contribution in [3.63, 3.8) is 0 Å². The Bertz CT molecular complexity index is 393. The number of methoxy groups -OCH3 is 1. The van der Waals surface area contributed by atoms with Crippen LogP contribution in [0.15, 0.2) is 5.38 Å². The van der Waals surface area contributed by atoms with Gasteiger partial charge in [0.1, 0.15) is 0 Å². The number of aromatic nitrogens is 1. The van der Waals surface area contributed by atoms with Crippen molar-refractivity contribution in [2.24, 2.45) is 5.92 Å². The van der Waals surface area contributed by atoms with Gasteiger partial charge in [-0.2, -0.15) is 0 Å². The Balaban J connectivity index is 2.75. The minimum absolute atomic E-state index is 0.360. The van der Waals surface area contributed by atoms with Gasteiger partial charge in [-0.3, -0.25) is 0 Å². The lowest BCUT2D eigenvalue weighted by atomic mass is 10.2. The van der Waals surface area contributed by atoms with E-state index in [0.29, 0.717) is 24.8 Å². The zero-order chi connectivity index (χ0) is 14.3. The molecule has 6 heteroatoms. The van der Waals surface area contributed by atoms with E-state index in [-0.39, 0.29) is 5.97 Å². The first-order valence-corrected chi connectivity index (χ1v) is 7.33. The van der Waals surface area contributed by atoms with Gasteiger partial charge in [0.05, 0.1) is 13.2 Å². The van der Waals surface area contributed by atoms with Crippen LogP contribution in [-0.2, 0) is 9.47 Å². The Morgan fingerprint density at radius 3 is 2.84 bits per heavy atom. The van der Waals surface area contributed by atoms with E-state index in [0.717, 1.165) is 18.2 Å². The molecule has 0 N–H and O–H groups in total. The maximum atomic E-state index is 11.6. The second-order valence-electron chi connectivity index (χ2n) is 4.57. The molecular formula is C13H22N2O3S. The van der Waals surface area contributed by atoms with Gasteiger partial charge < -0.3 is 14.4 Å². The summed E-state index contributed by atoms with van der Waals surface area (Å²) in [4.78, 5) is 18.1. The third kappa shape index (κ3) is 5.16. The smallest absolute Gasteiger partial charge is 0.357 e. The van der Waals surface area contributed by atoms with Crippen LogP contribution in [0.2, 0.25) is 0 Å². The standard InChI is InChI=1S/C13H22N2O3S/c1-5-18-12(16)11-9-19-13(14-11)15(6-7-17-4)8-10(2)3/h9-10H,5-8H2,1-4H3. The van der Waals surface area contributed by atoms with E-state index in [1.807, 2.05) is 0 Å². The van der Waals surface area contributed by atoms with Gasteiger partial charge in [0.2, 0.25) is 0 Å². The van der Waals surface area contributed by atoms with Crippen molar-refractivity contribution >= 4 is 22.4 Å². The van der Waals surface area contributed by atoms with Crippen LogP contribution < -0.4 is 4.90 Å². The molecule has 0 aliphatic rings. The van der Waals surface area contributed by atoms with Crippen LogP contribution in [0.1, 0.15) is 31.3 Å². The SMILES string of the molecule is CCOC(=O)c1csc(N(CCOC)CC(C)C)n1. The van der Waals surface area contributed by atoms with Crippen LogP contribution in [0.3, 0.4) is 0 Å². The molecule has 0 bridgehead atoms. The lowest BCUT2D eigenvalue weighted by Crippen LogP contribution is -2.30. The first kappa shape index (κ1) is 15.9. The van der Waals surface area contributed by atoms with Gasteiger partial charge in [0.25, 0.3) is 0 Å². The summed E-state index contributed by atoms with van der Waals surface area (Å²) < 4.78 is 10.1. The number of anilines is 1. The summed E-state index contributed by atoms with van der Waals surface area (Å²) in [5.74, 6) is 0.160. The highest BCUT2D eigenvalue weighted by Gasteiger charge is 2.16. The molecule has 0 atom stereocenters. The Hall–Kier alpha value is -1.14. The van der Waals surface area contributed by atoms with E-state index >= 15 is 0 Å². The molecule has 0 aromatic carbocycles. The lowest BCUT2D eigenvalue weighted by Gasteiger charge is -2.23. The Morgan fingerprint density at radius 1 is 1.53 bits per heavy atom. The highest BCUT2D eigenvalue weighted by molar-refractivity contribution is 7.13. The molecule has 0 spiro atoms. The van der Waals surface area contributed by atoms with Gasteiger partial charge in [-0.05, 0) is 12.8 Å². The van der Waals surface area contributed by atoms with E-state index in [9.17, 15) is 4.79 Å². The predicted octanol–water partition coefficient (Wildman–Crippen LogP) is 2.43. The topological polar surface area (TPSA) is 51.7 Å². The van der Waals surface area contributed by atoms with Gasteiger partial charge >= 0.3 is 5.97 Å². The fraction of sp³-hybridized carbons (Fsp3) is 0.692. The number of thiazole rings is 1. The fourth-order valence-electron chi connectivity index (χ4n) is 1.62. The number of esters is 1. The van der Waals surface area contributed by atoms with Gasteiger partial charge in [-0.25, -0.2) is 9.78 Å². The zero-order valence-corrected chi connectivity index (χ0v) is 12.8. The van der Waals surface area contributed by atoms with Crippen LogP contribution in [-0.4, -0.2) is 44.4 Å². The zero-order valence-electron chi connectivity index (χ0n) is 12.0. The van der Waals surface area contributed by atoms with Crippen LogP contribution in [0.4, 0.5) is 5.13 Å². The summed E-state index contributed by atoms with van der Waals surface area (Å²) in [7, 11) is 1.68. The summed E-state index contributed by atoms with van der Waals surface area (Å²) in [5.41, 5.74) is 0.382. The highest BCUT2D eigenvalue weighted by Crippen LogP contribution is 2.22. The molecule has 0 amide bonds. The molecule has 0 fully saturated rings. The minimum Gasteiger partial charge on any atom is -0.461 e. The molecule has 5 nitrogen and oxygen atoms in total. The number of hydrogen-bond donors (Lipinski definition) is 0. The summed E-state index contributed by atoms with van der Waals surface area (Å²) >= 11 is 1.46. The summed E-state index contributed by atoms with van der Waals surface area (Å²) in [6, 6.07) is 0. The molecule has 0 aliphatic heterocycles. The summed E-state index contributed by atoms with van der Waals surface area (Å²) in [6.07, 6.45) is 0. The Morgan fingerprint density at radius 2 is 2.26 bits per heavy atom. The molecule has 0 saturated heterocycles. The molecule has 0 saturated carbocycles. The number of hydrogen-bond acceptors (Lipinski definition) is 6. The van der Waals surface area contributed by atoms with Crippen LogP contribution in [0, 0.1) is 5.92 Å². The van der Waals surface area contributed by atoms with Crippen molar-refractivity contribution in [3.05, 3.63) is 11.1 Å². The molecule has 0 aliphatic carbocycles. The van der Waals surface area contributed by atoms with Gasteiger partial charge in [0.15, 0.2) is 10.8 Å². The molecule has 19 heavy (non-hydrogen) atoms. The molecule has 1 aromatic rings. The van der Waals surface area contributed by atoms with Crippen molar-refractivity contribution in [1.82, 2.24) is 4.98 Å². The Labute approximate surface area is 118 Å². The van der Waals surface area contributed by atoms with Crippen molar-refractivity contribution in [2.45, 2.75) is 20.8 Å². The number of rotatable bonds is 8. The van der Waals surface area contributed by atoms with Crippen LogP contribution >= 0.6 is 11.3 Å². The number of ether oxygens (including phenoxy) is 2. The van der Waals surface area contributed by atoms with Crippen LogP contribution in [0.25, 0.3) is 0 Å². The lowest BCUT2D eigenvalue weighted by molar-refractivity contribution is 0.0520. The van der Waals surface area contributed by atoms with Crippen LogP contribution in [0.5, 0.6) is 0 Å². The average molecular weight is 286 g/mol. The van der Waals surface area contributed by atoms with E-state index in [2.05, 4.69) is 23.7 Å². The predicted molar refractivity (Wildman–Crippen MR) is 77.0 cm³/mol. The third-order valence-corrected chi connectivity index (χ3v) is 3.30. The van der Waals surface area contributed by atoms with E-state index in [4.69, 9.17) is 9.47 Å². The first-order chi connectivity index (χ1) is 9.08. The maximum Gasteiger partial charge on any atom is 0.357 e. The van der Waals surface area contributed by atoms with Gasteiger partial charge in [-0.15, -0.1) is 11.3 Å². The first-order valence-electron chi connectivity index (χ1n) is 6.45. The molecule has 108 valence electrons. The van der Waals surface area contributed by atoms with E-state index in [1.165, 1.54) is 11.3 Å². The maximum absolute atomic E-state index is 11.6. The molecule has 1 aromatic heterocycles. The quantitative estimate of drug-likeness (QED) is 0.687. The molecule has 0 unspecified atom stereocenters. The minimum atomic E-state index is -0.360. The number of carbonyl (C=O) groups is 1. The fourth-order valence-corrected chi connectivity index (χ4v) is 2.45. The second-order valence-corrected chi connectivity index (χ2v) is 5.41. The molecule has 1 rings (SSSR count). The normalized spacial score (nSPS) is 10.8. The second kappa shape index (κ2) is 8.12.